The van der Waals surface area contributed by atoms with Crippen LogP contribution < -0.4 is 0 Å². The van der Waals surface area contributed by atoms with E-state index in [2.05, 4.69) is 137 Å². The van der Waals surface area contributed by atoms with Gasteiger partial charge in [0.15, 0.2) is 0 Å². The van der Waals surface area contributed by atoms with Gasteiger partial charge in [-0.15, -0.1) is 0 Å². The van der Waals surface area contributed by atoms with Crippen LogP contribution >= 0.6 is 0 Å². The van der Waals surface area contributed by atoms with E-state index >= 15 is 0 Å². The van der Waals surface area contributed by atoms with Crippen LogP contribution in [0.4, 0.5) is 0 Å². The topological polar surface area (TPSA) is 9.86 Å². The number of hydrogen-bond acceptors (Lipinski definition) is 0. The summed E-state index contributed by atoms with van der Waals surface area (Å²) in [5.41, 5.74) is 18.8. The lowest BCUT2D eigenvalue weighted by Crippen LogP contribution is -2.03. The van der Waals surface area contributed by atoms with Crippen LogP contribution in [0.15, 0.2) is 72.8 Å². The SMILES string of the molecule is CCCCCCCCc1cc(C)c(-n2c3ccc(C)cc3c3cc4c(cc32)c2cc(C)ccc2n4-c2c(C)cc(CCCCCCCC)cc2C)c(C)c1. The van der Waals surface area contributed by atoms with Crippen LogP contribution in [-0.2, 0) is 12.8 Å². The van der Waals surface area contributed by atoms with Crippen molar-refractivity contribution in [1.29, 1.82) is 0 Å². The van der Waals surface area contributed by atoms with E-state index in [1.54, 1.807) is 0 Å². The van der Waals surface area contributed by atoms with Gasteiger partial charge in [0, 0.05) is 21.5 Å². The van der Waals surface area contributed by atoms with Crippen molar-refractivity contribution in [1.82, 2.24) is 9.13 Å². The highest BCUT2D eigenvalue weighted by atomic mass is 15.0. The molecule has 2 nitrogen and oxygen atoms in total. The number of rotatable bonds is 16. The van der Waals surface area contributed by atoms with E-state index in [4.69, 9.17) is 0 Å². The largest absolute Gasteiger partial charge is 0.309 e. The first-order valence-electron chi connectivity index (χ1n) is 21.4. The summed E-state index contributed by atoms with van der Waals surface area (Å²) >= 11 is 0. The van der Waals surface area contributed by atoms with Crippen molar-refractivity contribution in [3.05, 3.63) is 117 Å². The minimum absolute atomic E-state index is 1.17. The molecule has 0 aliphatic carbocycles. The van der Waals surface area contributed by atoms with Crippen molar-refractivity contribution < 1.29 is 0 Å². The van der Waals surface area contributed by atoms with Crippen LogP contribution in [0.25, 0.3) is 55.0 Å². The lowest BCUT2D eigenvalue weighted by atomic mass is 9.99. The minimum atomic E-state index is 1.17. The first-order valence-corrected chi connectivity index (χ1v) is 21.4. The van der Waals surface area contributed by atoms with E-state index in [1.165, 1.54) is 189 Å². The highest BCUT2D eigenvalue weighted by molar-refractivity contribution is 6.19. The van der Waals surface area contributed by atoms with Gasteiger partial charge in [-0.1, -0.05) is 126 Å². The molecule has 7 aromatic rings. The predicted octanol–water partition coefficient (Wildman–Crippen LogP) is 15.5. The Morgan fingerprint density at radius 2 is 0.685 bits per heavy atom. The number of benzene rings is 5. The maximum absolute atomic E-state index is 2.58. The normalized spacial score (nSPS) is 12.0. The molecular weight excluding hydrogens is 653 g/mol. The summed E-state index contributed by atoms with van der Waals surface area (Å²) in [6.07, 6.45) is 18.4. The van der Waals surface area contributed by atoms with E-state index in [0.717, 1.165) is 0 Å². The summed E-state index contributed by atoms with van der Waals surface area (Å²) in [6, 6.07) is 29.0. The van der Waals surface area contributed by atoms with Gasteiger partial charge < -0.3 is 9.13 Å². The van der Waals surface area contributed by atoms with Crippen LogP contribution in [0.3, 0.4) is 0 Å². The van der Waals surface area contributed by atoms with Crippen LogP contribution in [0, 0.1) is 41.5 Å². The fraction of sp³-hybridized carbons (Fsp3) is 0.423. The fourth-order valence-electron chi connectivity index (χ4n) is 9.54. The molecule has 0 aliphatic rings. The molecule has 0 spiro atoms. The van der Waals surface area contributed by atoms with Gasteiger partial charge in [-0.3, -0.25) is 0 Å². The molecule has 2 heteroatoms. The van der Waals surface area contributed by atoms with Gasteiger partial charge in [-0.05, 0) is 137 Å². The van der Waals surface area contributed by atoms with Gasteiger partial charge in [0.1, 0.15) is 0 Å². The quantitative estimate of drug-likeness (QED) is 0.0881. The molecule has 0 bridgehead atoms. The Balaban J connectivity index is 1.36. The van der Waals surface area contributed by atoms with E-state index < -0.39 is 0 Å². The number of fused-ring (bicyclic) bond motifs is 6. The number of aryl methyl sites for hydroxylation is 8. The van der Waals surface area contributed by atoms with Crippen LogP contribution in [0.2, 0.25) is 0 Å². The fourth-order valence-corrected chi connectivity index (χ4v) is 9.54. The van der Waals surface area contributed by atoms with E-state index in [9.17, 15) is 0 Å². The zero-order valence-corrected chi connectivity index (χ0v) is 34.7. The van der Waals surface area contributed by atoms with Gasteiger partial charge in [0.05, 0.1) is 33.4 Å². The molecule has 0 fully saturated rings. The van der Waals surface area contributed by atoms with Crippen molar-refractivity contribution in [2.75, 3.05) is 0 Å². The van der Waals surface area contributed by atoms with Crippen molar-refractivity contribution >= 4 is 43.6 Å². The number of hydrogen-bond donors (Lipinski definition) is 0. The molecule has 7 rings (SSSR count). The van der Waals surface area contributed by atoms with E-state index in [0.29, 0.717) is 0 Å². The molecule has 0 saturated carbocycles. The zero-order valence-electron chi connectivity index (χ0n) is 34.7. The average Bonchev–Trinajstić information content (AvgIpc) is 3.60. The standard InChI is InChI=1S/C52H64N2/c1-9-11-13-15-17-19-21-41-29-37(5)51(38(6)30-41)53-47-25-23-35(3)27-43(47)45-34-50-46(33-49(45)53)44-28-36(4)24-26-48(44)54(50)52-39(7)31-42(32-40(52)8)22-20-18-16-14-12-10-2/h23-34H,9-22H2,1-8H3. The third kappa shape index (κ3) is 7.51. The van der Waals surface area contributed by atoms with E-state index in [1.807, 2.05) is 0 Å². The predicted molar refractivity (Wildman–Crippen MR) is 238 cm³/mol. The number of nitrogens with zero attached hydrogens (tertiary/aromatic N) is 2. The molecule has 5 aromatic carbocycles. The molecule has 2 heterocycles. The number of aromatic nitrogens is 2. The van der Waals surface area contributed by atoms with Gasteiger partial charge in [-0.2, -0.15) is 0 Å². The lowest BCUT2D eigenvalue weighted by molar-refractivity contribution is 0.607. The Hall–Kier alpha value is -4.30. The second-order valence-electron chi connectivity index (χ2n) is 16.8. The Morgan fingerprint density at radius 3 is 1.06 bits per heavy atom. The Labute approximate surface area is 325 Å². The second kappa shape index (κ2) is 16.6. The molecule has 0 unspecified atom stereocenters. The molecule has 0 amide bonds. The molecule has 0 radical (unpaired) electrons. The van der Waals surface area contributed by atoms with Gasteiger partial charge in [-0.25, -0.2) is 0 Å². The summed E-state index contributed by atoms with van der Waals surface area (Å²) in [5, 5.41) is 5.31. The smallest absolute Gasteiger partial charge is 0.0549 e. The van der Waals surface area contributed by atoms with Crippen LogP contribution in [0.5, 0.6) is 0 Å². The highest BCUT2D eigenvalue weighted by Crippen LogP contribution is 2.42. The maximum Gasteiger partial charge on any atom is 0.0549 e. The molecule has 0 aliphatic heterocycles. The number of unbranched alkanes of at least 4 members (excludes halogenated alkanes) is 10. The highest BCUT2D eigenvalue weighted by Gasteiger charge is 2.22. The van der Waals surface area contributed by atoms with Crippen molar-refractivity contribution in [3.8, 4) is 11.4 Å². The molecule has 0 atom stereocenters. The Kier molecular flexibility index (Phi) is 11.7. The van der Waals surface area contributed by atoms with Crippen molar-refractivity contribution in [2.45, 2.75) is 145 Å². The Bertz CT molecular complexity index is 2210. The van der Waals surface area contributed by atoms with E-state index in [-0.39, 0.29) is 0 Å². The van der Waals surface area contributed by atoms with Crippen LogP contribution in [-0.4, -0.2) is 9.13 Å². The third-order valence-electron chi connectivity index (χ3n) is 12.1. The molecule has 2 aromatic heterocycles. The lowest BCUT2D eigenvalue weighted by Gasteiger charge is -2.17. The summed E-state index contributed by atoms with van der Waals surface area (Å²) < 4.78 is 5.16. The zero-order chi connectivity index (χ0) is 37.9. The maximum atomic E-state index is 2.58. The first-order chi connectivity index (χ1) is 26.2. The molecule has 0 N–H and O–H groups in total. The van der Waals surface area contributed by atoms with Crippen molar-refractivity contribution in [2.24, 2.45) is 0 Å². The monoisotopic (exact) mass is 717 g/mol. The van der Waals surface area contributed by atoms with Crippen molar-refractivity contribution in [3.63, 3.8) is 0 Å². The first kappa shape index (κ1) is 38.0. The molecule has 282 valence electrons. The average molecular weight is 717 g/mol. The summed E-state index contributed by atoms with van der Waals surface area (Å²) in [4.78, 5) is 0. The minimum Gasteiger partial charge on any atom is -0.309 e. The van der Waals surface area contributed by atoms with Gasteiger partial charge in [0.2, 0.25) is 0 Å². The summed E-state index contributed by atoms with van der Waals surface area (Å²) in [6.45, 7) is 18.4. The summed E-state index contributed by atoms with van der Waals surface area (Å²) in [5.74, 6) is 0. The molecule has 0 saturated heterocycles. The second-order valence-corrected chi connectivity index (χ2v) is 16.8. The third-order valence-corrected chi connectivity index (χ3v) is 12.1. The molecular formula is C52H64N2. The Morgan fingerprint density at radius 1 is 0.352 bits per heavy atom. The van der Waals surface area contributed by atoms with Gasteiger partial charge >= 0.3 is 0 Å². The van der Waals surface area contributed by atoms with Gasteiger partial charge in [0.25, 0.3) is 0 Å². The molecule has 54 heavy (non-hydrogen) atoms. The summed E-state index contributed by atoms with van der Waals surface area (Å²) in [7, 11) is 0. The van der Waals surface area contributed by atoms with Crippen LogP contribution in [0.1, 0.15) is 135 Å².